The summed E-state index contributed by atoms with van der Waals surface area (Å²) in [5.74, 6) is 0.369. The summed E-state index contributed by atoms with van der Waals surface area (Å²) in [5, 5.41) is 1.24. The van der Waals surface area contributed by atoms with Crippen molar-refractivity contribution in [3.63, 3.8) is 0 Å². The SMILES string of the molecule is CC(C)C(CNS(=O)(=O)/C=C/c1ccccc1)N1CCOCC1. The molecule has 23 heavy (non-hydrogen) atoms. The van der Waals surface area contributed by atoms with Crippen LogP contribution in [0.5, 0.6) is 0 Å². The zero-order valence-corrected chi connectivity index (χ0v) is 14.6. The Kier molecular flexibility index (Phi) is 6.77. The van der Waals surface area contributed by atoms with Crippen LogP contribution in [0, 0.1) is 5.92 Å². The van der Waals surface area contributed by atoms with Gasteiger partial charge in [-0.2, -0.15) is 0 Å². The highest BCUT2D eigenvalue weighted by Crippen LogP contribution is 2.13. The Labute approximate surface area is 139 Å². The Hall–Kier alpha value is -1.21. The molecule has 0 amide bonds. The smallest absolute Gasteiger partial charge is 0.233 e. The van der Waals surface area contributed by atoms with Gasteiger partial charge in [-0.25, -0.2) is 13.1 Å². The van der Waals surface area contributed by atoms with Crippen LogP contribution in [0.15, 0.2) is 35.7 Å². The number of nitrogens with zero attached hydrogens (tertiary/aromatic N) is 1. The van der Waals surface area contributed by atoms with Crippen LogP contribution < -0.4 is 4.72 Å². The van der Waals surface area contributed by atoms with E-state index in [1.165, 1.54) is 5.41 Å². The van der Waals surface area contributed by atoms with Crippen molar-refractivity contribution in [2.45, 2.75) is 19.9 Å². The van der Waals surface area contributed by atoms with Gasteiger partial charge in [0.1, 0.15) is 0 Å². The third-order valence-electron chi connectivity index (χ3n) is 4.02. The first-order valence-corrected chi connectivity index (χ1v) is 9.57. The number of morpholine rings is 1. The molecule has 0 radical (unpaired) electrons. The fourth-order valence-electron chi connectivity index (χ4n) is 2.68. The molecule has 0 saturated carbocycles. The van der Waals surface area contributed by atoms with E-state index in [4.69, 9.17) is 4.74 Å². The van der Waals surface area contributed by atoms with Gasteiger partial charge in [0, 0.05) is 31.1 Å². The van der Waals surface area contributed by atoms with Gasteiger partial charge in [0.2, 0.25) is 10.0 Å². The topological polar surface area (TPSA) is 58.6 Å². The van der Waals surface area contributed by atoms with Crippen molar-refractivity contribution in [1.82, 2.24) is 9.62 Å². The van der Waals surface area contributed by atoms with Crippen LogP contribution in [0.2, 0.25) is 0 Å². The molecule has 0 spiro atoms. The van der Waals surface area contributed by atoms with Crippen LogP contribution in [0.1, 0.15) is 19.4 Å². The second kappa shape index (κ2) is 8.59. The number of sulfonamides is 1. The molecular weight excluding hydrogens is 312 g/mol. The molecule has 1 saturated heterocycles. The Balaban J connectivity index is 1.94. The lowest BCUT2D eigenvalue weighted by molar-refractivity contribution is 0.00778. The lowest BCUT2D eigenvalue weighted by Gasteiger charge is -2.36. The lowest BCUT2D eigenvalue weighted by atomic mass is 10.0. The van der Waals surface area contributed by atoms with Crippen molar-refractivity contribution in [2.24, 2.45) is 5.92 Å². The van der Waals surface area contributed by atoms with E-state index in [-0.39, 0.29) is 6.04 Å². The minimum Gasteiger partial charge on any atom is -0.379 e. The van der Waals surface area contributed by atoms with E-state index in [1.54, 1.807) is 6.08 Å². The third kappa shape index (κ3) is 6.06. The van der Waals surface area contributed by atoms with Crippen LogP contribution in [-0.4, -0.2) is 52.2 Å². The average molecular weight is 338 g/mol. The van der Waals surface area contributed by atoms with Crippen LogP contribution in [0.25, 0.3) is 6.08 Å². The van der Waals surface area contributed by atoms with Crippen molar-refractivity contribution in [3.8, 4) is 0 Å². The molecular formula is C17H26N2O3S. The predicted molar refractivity (Wildman–Crippen MR) is 93.4 cm³/mol. The van der Waals surface area contributed by atoms with Gasteiger partial charge in [-0.05, 0) is 17.6 Å². The van der Waals surface area contributed by atoms with Gasteiger partial charge in [-0.15, -0.1) is 0 Å². The summed E-state index contributed by atoms with van der Waals surface area (Å²) in [4.78, 5) is 2.30. The monoisotopic (exact) mass is 338 g/mol. The molecule has 2 rings (SSSR count). The van der Waals surface area contributed by atoms with Gasteiger partial charge in [-0.1, -0.05) is 44.2 Å². The van der Waals surface area contributed by atoms with E-state index in [0.717, 1.165) is 18.7 Å². The molecule has 1 N–H and O–H groups in total. The fraction of sp³-hybridized carbons (Fsp3) is 0.529. The molecule has 5 nitrogen and oxygen atoms in total. The van der Waals surface area contributed by atoms with Gasteiger partial charge in [0.25, 0.3) is 0 Å². The van der Waals surface area contributed by atoms with E-state index >= 15 is 0 Å². The van der Waals surface area contributed by atoms with Crippen molar-refractivity contribution < 1.29 is 13.2 Å². The highest BCUT2D eigenvalue weighted by atomic mass is 32.2. The van der Waals surface area contributed by atoms with Gasteiger partial charge in [0.15, 0.2) is 0 Å². The van der Waals surface area contributed by atoms with Crippen LogP contribution >= 0.6 is 0 Å². The van der Waals surface area contributed by atoms with E-state index in [2.05, 4.69) is 23.5 Å². The first-order valence-electron chi connectivity index (χ1n) is 8.02. The second-order valence-electron chi connectivity index (χ2n) is 6.07. The Morgan fingerprint density at radius 2 is 1.87 bits per heavy atom. The Morgan fingerprint density at radius 3 is 2.48 bits per heavy atom. The van der Waals surface area contributed by atoms with Crippen molar-refractivity contribution in [3.05, 3.63) is 41.3 Å². The summed E-state index contributed by atoms with van der Waals surface area (Å²) in [5.41, 5.74) is 0.867. The van der Waals surface area contributed by atoms with E-state index in [9.17, 15) is 8.42 Å². The zero-order chi connectivity index (χ0) is 16.7. The maximum Gasteiger partial charge on any atom is 0.233 e. The summed E-state index contributed by atoms with van der Waals surface area (Å²) >= 11 is 0. The highest BCUT2D eigenvalue weighted by Gasteiger charge is 2.24. The molecule has 1 aliphatic rings. The van der Waals surface area contributed by atoms with E-state index in [1.807, 2.05) is 30.3 Å². The highest BCUT2D eigenvalue weighted by molar-refractivity contribution is 7.92. The number of hydrogen-bond acceptors (Lipinski definition) is 4. The fourth-order valence-corrected chi connectivity index (χ4v) is 3.51. The summed E-state index contributed by atoms with van der Waals surface area (Å²) in [6.45, 7) is 7.78. The zero-order valence-electron chi connectivity index (χ0n) is 13.8. The van der Waals surface area contributed by atoms with Crippen molar-refractivity contribution >= 4 is 16.1 Å². The normalized spacial score (nSPS) is 18.6. The molecule has 1 aromatic rings. The molecule has 0 aromatic heterocycles. The Bertz CT molecular complexity index is 594. The van der Waals surface area contributed by atoms with Gasteiger partial charge in [0.05, 0.1) is 13.2 Å². The van der Waals surface area contributed by atoms with E-state index < -0.39 is 10.0 Å². The number of ether oxygens (including phenoxy) is 1. The number of nitrogens with one attached hydrogen (secondary N) is 1. The Morgan fingerprint density at radius 1 is 1.22 bits per heavy atom. The molecule has 0 aliphatic carbocycles. The molecule has 1 heterocycles. The number of hydrogen-bond donors (Lipinski definition) is 1. The van der Waals surface area contributed by atoms with Crippen LogP contribution in [-0.2, 0) is 14.8 Å². The average Bonchev–Trinajstić information content (AvgIpc) is 2.55. The molecule has 0 bridgehead atoms. The minimum absolute atomic E-state index is 0.179. The molecule has 1 aromatic carbocycles. The molecule has 1 atom stereocenters. The summed E-state index contributed by atoms with van der Waals surface area (Å²) in [6.07, 6.45) is 1.61. The van der Waals surface area contributed by atoms with Gasteiger partial charge < -0.3 is 4.74 Å². The summed E-state index contributed by atoms with van der Waals surface area (Å²) < 4.78 is 32.4. The second-order valence-corrected chi connectivity index (χ2v) is 7.72. The van der Waals surface area contributed by atoms with Gasteiger partial charge in [-0.3, -0.25) is 4.90 Å². The van der Waals surface area contributed by atoms with Crippen LogP contribution in [0.3, 0.4) is 0 Å². The standard InChI is InChI=1S/C17H26N2O3S/c1-15(2)17(19-9-11-22-12-10-19)14-18-23(20,21)13-8-16-6-4-3-5-7-16/h3-8,13,15,17-18H,9-12,14H2,1-2H3/b13-8+. The van der Waals surface area contributed by atoms with Crippen LogP contribution in [0.4, 0.5) is 0 Å². The molecule has 1 fully saturated rings. The first-order chi connectivity index (χ1) is 11.0. The minimum atomic E-state index is -3.44. The quantitative estimate of drug-likeness (QED) is 0.825. The predicted octanol–water partition coefficient (Wildman–Crippen LogP) is 1.93. The van der Waals surface area contributed by atoms with Crippen molar-refractivity contribution in [2.75, 3.05) is 32.8 Å². The number of rotatable bonds is 7. The van der Waals surface area contributed by atoms with Crippen molar-refractivity contribution in [1.29, 1.82) is 0 Å². The number of benzene rings is 1. The van der Waals surface area contributed by atoms with E-state index in [0.29, 0.717) is 25.7 Å². The molecule has 128 valence electrons. The summed E-state index contributed by atoms with van der Waals surface area (Å²) in [6, 6.07) is 9.59. The maximum atomic E-state index is 12.2. The largest absolute Gasteiger partial charge is 0.379 e. The molecule has 1 aliphatic heterocycles. The maximum absolute atomic E-state index is 12.2. The van der Waals surface area contributed by atoms with Gasteiger partial charge >= 0.3 is 0 Å². The molecule has 6 heteroatoms. The lowest BCUT2D eigenvalue weighted by Crippen LogP contribution is -2.50. The third-order valence-corrected chi connectivity index (χ3v) is 5.08. The summed E-state index contributed by atoms with van der Waals surface area (Å²) in [7, 11) is -3.44. The first kappa shape index (κ1) is 18.1. The molecule has 1 unspecified atom stereocenters.